The van der Waals surface area contributed by atoms with E-state index in [0.29, 0.717) is 0 Å². The molecular formula is C29H34O2. The van der Waals surface area contributed by atoms with Gasteiger partial charge in [0.05, 0.1) is 5.60 Å². The largest absolute Gasteiger partial charge is 0.367 e. The SMILES string of the molecule is CC[C@]1(OCC(=O)c2c3ccccc3cc3ccccc23)CC[C@@H]2CCCC[C@@H](C2)C1. The fraction of sp³-hybridized carbons (Fsp3) is 0.483. The Labute approximate surface area is 186 Å². The third-order valence-electron chi connectivity index (χ3n) is 8.01. The van der Waals surface area contributed by atoms with Crippen molar-refractivity contribution in [2.24, 2.45) is 11.8 Å². The monoisotopic (exact) mass is 414 g/mol. The Hall–Kier alpha value is -2.19. The number of benzene rings is 3. The smallest absolute Gasteiger partial charge is 0.189 e. The van der Waals surface area contributed by atoms with E-state index in [4.69, 9.17) is 4.74 Å². The van der Waals surface area contributed by atoms with E-state index in [-0.39, 0.29) is 18.0 Å². The first-order chi connectivity index (χ1) is 15.2. The molecule has 0 spiro atoms. The minimum absolute atomic E-state index is 0.116. The molecule has 3 atom stereocenters. The van der Waals surface area contributed by atoms with Crippen LogP contribution in [0.25, 0.3) is 21.5 Å². The van der Waals surface area contributed by atoms with E-state index in [0.717, 1.165) is 58.2 Å². The zero-order valence-electron chi connectivity index (χ0n) is 18.7. The summed E-state index contributed by atoms with van der Waals surface area (Å²) in [6.07, 6.45) is 11.3. The van der Waals surface area contributed by atoms with E-state index in [9.17, 15) is 4.79 Å². The third kappa shape index (κ3) is 4.15. The Morgan fingerprint density at radius 1 is 0.935 bits per heavy atom. The van der Waals surface area contributed by atoms with E-state index in [1.54, 1.807) is 0 Å². The van der Waals surface area contributed by atoms with Gasteiger partial charge in [0, 0.05) is 5.56 Å². The fourth-order valence-corrected chi connectivity index (χ4v) is 6.28. The summed E-state index contributed by atoms with van der Waals surface area (Å²) in [6.45, 7) is 2.43. The second kappa shape index (κ2) is 8.74. The van der Waals surface area contributed by atoms with Crippen LogP contribution in [0.15, 0.2) is 54.6 Å². The molecule has 0 amide bonds. The van der Waals surface area contributed by atoms with Gasteiger partial charge in [0.15, 0.2) is 5.78 Å². The van der Waals surface area contributed by atoms with Crippen LogP contribution in [0.4, 0.5) is 0 Å². The molecule has 0 N–H and O–H groups in total. The Morgan fingerprint density at radius 3 is 2.26 bits per heavy atom. The van der Waals surface area contributed by atoms with Crippen molar-refractivity contribution in [1.29, 1.82) is 0 Å². The number of ether oxygens (including phenoxy) is 1. The maximum atomic E-state index is 13.6. The van der Waals surface area contributed by atoms with Gasteiger partial charge in [-0.15, -0.1) is 0 Å². The van der Waals surface area contributed by atoms with Crippen molar-refractivity contribution in [3.8, 4) is 0 Å². The normalized spacial score (nSPS) is 26.5. The van der Waals surface area contributed by atoms with Crippen LogP contribution in [-0.2, 0) is 4.74 Å². The van der Waals surface area contributed by atoms with Crippen molar-refractivity contribution < 1.29 is 9.53 Å². The van der Waals surface area contributed by atoms with Crippen LogP contribution in [0.3, 0.4) is 0 Å². The molecule has 162 valence electrons. The van der Waals surface area contributed by atoms with Gasteiger partial charge in [-0.25, -0.2) is 0 Å². The first-order valence-electron chi connectivity index (χ1n) is 12.2. The van der Waals surface area contributed by atoms with E-state index in [1.807, 2.05) is 24.3 Å². The lowest BCUT2D eigenvalue weighted by molar-refractivity contribution is -0.0581. The van der Waals surface area contributed by atoms with Crippen molar-refractivity contribution in [2.75, 3.05) is 6.61 Å². The molecule has 3 aromatic rings. The minimum atomic E-state index is -0.132. The van der Waals surface area contributed by atoms with Gasteiger partial charge in [0.1, 0.15) is 6.61 Å². The van der Waals surface area contributed by atoms with E-state index in [2.05, 4.69) is 37.3 Å². The Kier molecular flexibility index (Phi) is 5.84. The van der Waals surface area contributed by atoms with Crippen LogP contribution in [0.5, 0.6) is 0 Å². The average molecular weight is 415 g/mol. The molecular weight excluding hydrogens is 380 g/mol. The standard InChI is InChI=1S/C29H34O2/c1-2-29(16-15-21-9-3-4-10-22(17-21)19-29)31-20-27(30)28-25-13-7-5-11-23(25)18-24-12-6-8-14-26(24)28/h5-8,11-14,18,21-22H,2-4,9-10,15-17,19-20H2,1H3/t21-,22-,29-/m0/s1. The molecule has 31 heavy (non-hydrogen) atoms. The zero-order chi connectivity index (χ0) is 21.3. The number of ketones is 1. The molecule has 3 aromatic carbocycles. The number of hydrogen-bond acceptors (Lipinski definition) is 2. The molecule has 2 fully saturated rings. The summed E-state index contributed by atoms with van der Waals surface area (Å²) >= 11 is 0. The molecule has 5 rings (SSSR count). The van der Waals surface area contributed by atoms with Crippen LogP contribution >= 0.6 is 0 Å². The second-order valence-corrected chi connectivity index (χ2v) is 9.94. The van der Waals surface area contributed by atoms with Gasteiger partial charge in [-0.2, -0.15) is 0 Å². The molecule has 0 heterocycles. The molecule has 2 heteroatoms. The van der Waals surface area contributed by atoms with Gasteiger partial charge in [0.2, 0.25) is 0 Å². The third-order valence-corrected chi connectivity index (χ3v) is 8.01. The van der Waals surface area contributed by atoms with Crippen molar-refractivity contribution in [1.82, 2.24) is 0 Å². The van der Waals surface area contributed by atoms with Gasteiger partial charge in [-0.1, -0.05) is 81.1 Å². The summed E-state index contributed by atoms with van der Waals surface area (Å²) in [6, 6.07) is 18.7. The van der Waals surface area contributed by atoms with Crippen molar-refractivity contribution in [2.45, 2.75) is 70.3 Å². The lowest BCUT2D eigenvalue weighted by atomic mass is 9.84. The maximum Gasteiger partial charge on any atom is 0.189 e. The molecule has 2 bridgehead atoms. The summed E-state index contributed by atoms with van der Waals surface area (Å²) in [7, 11) is 0. The van der Waals surface area contributed by atoms with Gasteiger partial charge < -0.3 is 4.74 Å². The van der Waals surface area contributed by atoms with Crippen LogP contribution in [0, 0.1) is 11.8 Å². The van der Waals surface area contributed by atoms with Gasteiger partial charge in [-0.3, -0.25) is 4.79 Å². The lowest BCUT2D eigenvalue weighted by Crippen LogP contribution is -2.35. The molecule has 0 aromatic heterocycles. The molecule has 0 unspecified atom stereocenters. The van der Waals surface area contributed by atoms with Gasteiger partial charge in [0.25, 0.3) is 0 Å². The highest BCUT2D eigenvalue weighted by atomic mass is 16.5. The van der Waals surface area contributed by atoms with Crippen LogP contribution < -0.4 is 0 Å². The molecule has 2 nitrogen and oxygen atoms in total. The van der Waals surface area contributed by atoms with Crippen molar-refractivity contribution >= 4 is 27.3 Å². The minimum Gasteiger partial charge on any atom is -0.367 e. The van der Waals surface area contributed by atoms with Crippen LogP contribution in [0.1, 0.15) is 75.1 Å². The van der Waals surface area contributed by atoms with Crippen molar-refractivity contribution in [3.63, 3.8) is 0 Å². The molecule has 2 aliphatic carbocycles. The van der Waals surface area contributed by atoms with Crippen molar-refractivity contribution in [3.05, 3.63) is 60.2 Å². The number of Topliss-reactive ketones (excluding diaryl/α,β-unsaturated/α-hetero) is 1. The van der Waals surface area contributed by atoms with Crippen LogP contribution in [-0.4, -0.2) is 18.0 Å². The molecule has 2 aliphatic rings. The number of fused-ring (bicyclic) bond motifs is 4. The van der Waals surface area contributed by atoms with Gasteiger partial charge in [-0.05, 0) is 71.6 Å². The molecule has 0 radical (unpaired) electrons. The molecule has 2 saturated carbocycles. The summed E-state index contributed by atoms with van der Waals surface area (Å²) in [5.41, 5.74) is 0.691. The predicted octanol–water partition coefficient (Wildman–Crippen LogP) is 7.72. The number of hydrogen-bond donors (Lipinski definition) is 0. The Balaban J connectivity index is 1.44. The lowest BCUT2D eigenvalue weighted by Gasteiger charge is -2.34. The number of carbonyl (C=O) groups excluding carboxylic acids is 1. The predicted molar refractivity (Wildman–Crippen MR) is 129 cm³/mol. The second-order valence-electron chi connectivity index (χ2n) is 9.94. The maximum absolute atomic E-state index is 13.6. The molecule has 0 aliphatic heterocycles. The Bertz CT molecular complexity index is 1030. The highest BCUT2D eigenvalue weighted by Gasteiger charge is 2.38. The molecule has 0 saturated heterocycles. The van der Waals surface area contributed by atoms with Crippen LogP contribution in [0.2, 0.25) is 0 Å². The van der Waals surface area contributed by atoms with E-state index >= 15 is 0 Å². The first kappa shape index (κ1) is 20.7. The van der Waals surface area contributed by atoms with E-state index in [1.165, 1.54) is 38.5 Å². The highest BCUT2D eigenvalue weighted by molar-refractivity contribution is 6.19. The Morgan fingerprint density at radius 2 is 1.58 bits per heavy atom. The number of rotatable bonds is 5. The van der Waals surface area contributed by atoms with Gasteiger partial charge >= 0.3 is 0 Å². The summed E-state index contributed by atoms with van der Waals surface area (Å²) in [5, 5.41) is 4.31. The average Bonchev–Trinajstić information content (AvgIpc) is 3.14. The topological polar surface area (TPSA) is 26.3 Å². The quantitative estimate of drug-likeness (QED) is 0.315. The summed E-state index contributed by atoms with van der Waals surface area (Å²) in [4.78, 5) is 13.6. The highest BCUT2D eigenvalue weighted by Crippen LogP contribution is 2.44. The first-order valence-corrected chi connectivity index (χ1v) is 12.2. The summed E-state index contributed by atoms with van der Waals surface area (Å²) < 4.78 is 6.61. The van der Waals surface area contributed by atoms with E-state index < -0.39 is 0 Å². The zero-order valence-corrected chi connectivity index (χ0v) is 18.7. The fourth-order valence-electron chi connectivity index (χ4n) is 6.28. The number of carbonyl (C=O) groups is 1. The summed E-state index contributed by atoms with van der Waals surface area (Å²) in [5.74, 6) is 1.75.